The number of anilines is 1. The normalized spacial score (nSPS) is 20.8. The van der Waals surface area contributed by atoms with Crippen molar-refractivity contribution in [2.75, 3.05) is 18.0 Å². The summed E-state index contributed by atoms with van der Waals surface area (Å²) in [5.41, 5.74) is 2.56. The van der Waals surface area contributed by atoms with E-state index in [1.807, 2.05) is 16.7 Å². The van der Waals surface area contributed by atoms with Crippen LogP contribution in [0.25, 0.3) is 0 Å². The lowest BCUT2D eigenvalue weighted by molar-refractivity contribution is -0.134. The third-order valence-electron chi connectivity index (χ3n) is 6.62. The lowest BCUT2D eigenvalue weighted by Gasteiger charge is -2.35. The number of aryl methyl sites for hydroxylation is 1. The summed E-state index contributed by atoms with van der Waals surface area (Å²) in [5.74, 6) is 1.76. The molecule has 31 heavy (non-hydrogen) atoms. The van der Waals surface area contributed by atoms with Crippen LogP contribution >= 0.6 is 0 Å². The van der Waals surface area contributed by atoms with Gasteiger partial charge in [-0.15, -0.1) is 0 Å². The van der Waals surface area contributed by atoms with Crippen LogP contribution in [-0.2, 0) is 22.4 Å². The van der Waals surface area contributed by atoms with Crippen molar-refractivity contribution in [3.05, 3.63) is 52.7 Å². The van der Waals surface area contributed by atoms with Gasteiger partial charge < -0.3 is 4.90 Å². The van der Waals surface area contributed by atoms with Crippen molar-refractivity contribution in [3.8, 4) is 0 Å². The molecule has 1 unspecified atom stereocenters. The number of likely N-dealkylation sites (tertiary alicyclic amines) is 1. The maximum Gasteiger partial charge on any atom is 0.232 e. The Kier molecular flexibility index (Phi) is 5.20. The maximum absolute atomic E-state index is 13.2. The number of nitrogens with zero attached hydrogens (tertiary/aromatic N) is 4. The molecule has 2 fully saturated rings. The van der Waals surface area contributed by atoms with Crippen molar-refractivity contribution in [3.63, 3.8) is 0 Å². The van der Waals surface area contributed by atoms with Crippen LogP contribution in [0, 0.1) is 18.7 Å². The van der Waals surface area contributed by atoms with Crippen LogP contribution in [0.15, 0.2) is 24.3 Å². The fourth-order valence-electron chi connectivity index (χ4n) is 4.67. The summed E-state index contributed by atoms with van der Waals surface area (Å²) in [6, 6.07) is 5.89. The molecule has 0 spiro atoms. The van der Waals surface area contributed by atoms with Crippen LogP contribution in [0.5, 0.6) is 0 Å². The summed E-state index contributed by atoms with van der Waals surface area (Å²) in [7, 11) is 0. The molecule has 2 aromatic rings. The van der Waals surface area contributed by atoms with Crippen LogP contribution in [0.2, 0.25) is 0 Å². The quantitative estimate of drug-likeness (QED) is 0.740. The average Bonchev–Trinajstić information content (AvgIpc) is 3.53. The number of fused-ring (bicyclic) bond motifs is 1. The Labute approximate surface area is 181 Å². The van der Waals surface area contributed by atoms with Crippen molar-refractivity contribution in [2.45, 2.75) is 57.9 Å². The van der Waals surface area contributed by atoms with Gasteiger partial charge in [0.2, 0.25) is 11.8 Å². The molecule has 1 aromatic heterocycles. The number of amides is 2. The Morgan fingerprint density at radius 1 is 1.13 bits per heavy atom. The van der Waals surface area contributed by atoms with E-state index in [0.717, 1.165) is 48.4 Å². The number of hydrogen-bond donors (Lipinski definition) is 0. The molecule has 0 bridgehead atoms. The molecule has 0 radical (unpaired) electrons. The molecule has 0 N–H and O–H groups in total. The molecule has 7 heteroatoms. The molecule has 1 atom stereocenters. The first kappa shape index (κ1) is 20.1. The van der Waals surface area contributed by atoms with Gasteiger partial charge in [-0.2, -0.15) is 0 Å². The molecular weight excluding hydrogens is 395 g/mol. The lowest BCUT2D eigenvalue weighted by Crippen LogP contribution is -2.40. The topological polar surface area (TPSA) is 66.4 Å². The summed E-state index contributed by atoms with van der Waals surface area (Å²) in [4.78, 5) is 39.0. The van der Waals surface area contributed by atoms with Gasteiger partial charge in [-0.25, -0.2) is 14.4 Å². The Balaban J connectivity index is 1.41. The van der Waals surface area contributed by atoms with E-state index >= 15 is 0 Å². The zero-order valence-corrected chi connectivity index (χ0v) is 17.8. The highest BCUT2D eigenvalue weighted by molar-refractivity contribution is 6.00. The van der Waals surface area contributed by atoms with Gasteiger partial charge in [0.1, 0.15) is 11.6 Å². The molecule has 2 aliphatic heterocycles. The zero-order chi connectivity index (χ0) is 21.5. The van der Waals surface area contributed by atoms with Crippen LogP contribution in [0.3, 0.4) is 0 Å². The van der Waals surface area contributed by atoms with Crippen LogP contribution in [0.1, 0.15) is 60.8 Å². The smallest absolute Gasteiger partial charge is 0.232 e. The van der Waals surface area contributed by atoms with Crippen LogP contribution < -0.4 is 4.90 Å². The van der Waals surface area contributed by atoms with Crippen LogP contribution in [0.4, 0.5) is 10.2 Å². The Hall–Kier alpha value is -2.83. The number of carbonyl (C=O) groups excluding carboxylic acids is 2. The first-order valence-electron chi connectivity index (χ1n) is 11.2. The van der Waals surface area contributed by atoms with Gasteiger partial charge in [0.25, 0.3) is 0 Å². The van der Waals surface area contributed by atoms with Gasteiger partial charge >= 0.3 is 0 Å². The monoisotopic (exact) mass is 422 g/mol. The molecular formula is C24H27FN4O2. The van der Waals surface area contributed by atoms with Gasteiger partial charge in [0.05, 0.1) is 18.9 Å². The standard InChI is InChI=1S/C24H27FN4O2/c1-15-19-13-22(31)29(14-17-5-6-17)24(19)27-23(26-15)20-4-2-3-11-28(20)21(30)12-16-7-9-18(25)10-8-16/h7-10,17,20H,2-6,11-14H2,1H3. The number of benzene rings is 1. The SMILES string of the molecule is Cc1nc(C2CCCCN2C(=O)Cc2ccc(F)cc2)nc2c1CC(=O)N2CC1CC1. The summed E-state index contributed by atoms with van der Waals surface area (Å²) in [5, 5.41) is 0. The van der Waals surface area contributed by atoms with Crippen LogP contribution in [-0.4, -0.2) is 39.8 Å². The second kappa shape index (κ2) is 8.02. The van der Waals surface area contributed by atoms with Crippen molar-refractivity contribution in [1.82, 2.24) is 14.9 Å². The fourth-order valence-corrected chi connectivity index (χ4v) is 4.67. The average molecular weight is 423 g/mol. The zero-order valence-electron chi connectivity index (χ0n) is 17.8. The molecule has 2 amide bonds. The molecule has 1 saturated heterocycles. The largest absolute Gasteiger partial charge is 0.332 e. The number of rotatable bonds is 5. The minimum Gasteiger partial charge on any atom is -0.332 e. The summed E-state index contributed by atoms with van der Waals surface area (Å²) in [6.07, 6.45) is 5.70. The minimum atomic E-state index is -0.306. The predicted octanol–water partition coefficient (Wildman–Crippen LogP) is 3.52. The Morgan fingerprint density at radius 2 is 1.90 bits per heavy atom. The minimum absolute atomic E-state index is 0.00368. The van der Waals surface area contributed by atoms with Gasteiger partial charge in [0.15, 0.2) is 5.82 Å². The first-order valence-corrected chi connectivity index (χ1v) is 11.2. The highest BCUT2D eigenvalue weighted by atomic mass is 19.1. The summed E-state index contributed by atoms with van der Waals surface area (Å²) in [6.45, 7) is 3.33. The highest BCUT2D eigenvalue weighted by Crippen LogP contribution is 2.37. The van der Waals surface area contributed by atoms with Gasteiger partial charge in [-0.3, -0.25) is 14.5 Å². The molecule has 162 valence electrons. The van der Waals surface area contributed by atoms with E-state index in [1.54, 1.807) is 12.1 Å². The van der Waals surface area contributed by atoms with E-state index in [-0.39, 0.29) is 30.1 Å². The van der Waals surface area contributed by atoms with E-state index < -0.39 is 0 Å². The number of aromatic nitrogens is 2. The second-order valence-electron chi connectivity index (χ2n) is 9.00. The molecule has 3 heterocycles. The Bertz CT molecular complexity index is 1020. The van der Waals surface area contributed by atoms with Crippen molar-refractivity contribution in [1.29, 1.82) is 0 Å². The first-order chi connectivity index (χ1) is 15.0. The van der Waals surface area contributed by atoms with E-state index in [0.29, 0.717) is 24.7 Å². The van der Waals surface area contributed by atoms with Gasteiger partial charge in [-0.05, 0) is 62.6 Å². The molecule has 1 aliphatic carbocycles. The van der Waals surface area contributed by atoms with E-state index in [4.69, 9.17) is 9.97 Å². The summed E-state index contributed by atoms with van der Waals surface area (Å²) >= 11 is 0. The number of hydrogen-bond acceptors (Lipinski definition) is 4. The van der Waals surface area contributed by atoms with E-state index in [9.17, 15) is 14.0 Å². The molecule has 1 saturated carbocycles. The number of halogens is 1. The Morgan fingerprint density at radius 3 is 2.65 bits per heavy atom. The van der Waals surface area contributed by atoms with Crippen molar-refractivity contribution < 1.29 is 14.0 Å². The highest BCUT2D eigenvalue weighted by Gasteiger charge is 2.37. The van der Waals surface area contributed by atoms with Gasteiger partial charge in [0, 0.05) is 24.3 Å². The lowest BCUT2D eigenvalue weighted by atomic mass is 9.99. The molecule has 3 aliphatic rings. The van der Waals surface area contributed by atoms with E-state index in [1.165, 1.54) is 25.0 Å². The molecule has 5 rings (SSSR count). The fraction of sp³-hybridized carbons (Fsp3) is 0.500. The maximum atomic E-state index is 13.2. The van der Waals surface area contributed by atoms with Crippen molar-refractivity contribution in [2.24, 2.45) is 5.92 Å². The molecule has 1 aromatic carbocycles. The second-order valence-corrected chi connectivity index (χ2v) is 9.00. The summed E-state index contributed by atoms with van der Waals surface area (Å²) < 4.78 is 13.2. The van der Waals surface area contributed by atoms with E-state index in [2.05, 4.69) is 0 Å². The van der Waals surface area contributed by atoms with Gasteiger partial charge in [-0.1, -0.05) is 12.1 Å². The number of piperidine rings is 1. The number of carbonyl (C=O) groups is 2. The van der Waals surface area contributed by atoms with Crippen molar-refractivity contribution >= 4 is 17.6 Å². The molecule has 6 nitrogen and oxygen atoms in total. The third-order valence-corrected chi connectivity index (χ3v) is 6.62. The predicted molar refractivity (Wildman–Crippen MR) is 114 cm³/mol. The third kappa shape index (κ3) is 4.05.